The molecule has 3 atom stereocenters. The summed E-state index contributed by atoms with van der Waals surface area (Å²) in [7, 11) is 0. The summed E-state index contributed by atoms with van der Waals surface area (Å²) in [5.41, 5.74) is 4.91. The lowest BCUT2D eigenvalue weighted by molar-refractivity contribution is -0.152. The van der Waals surface area contributed by atoms with E-state index in [4.69, 9.17) is 5.73 Å². The van der Waals surface area contributed by atoms with Crippen molar-refractivity contribution in [2.24, 2.45) is 17.1 Å². The Morgan fingerprint density at radius 3 is 2.50 bits per heavy atom. The first-order chi connectivity index (χ1) is 8.29. The molecule has 0 aliphatic heterocycles. The van der Waals surface area contributed by atoms with Crippen LogP contribution >= 0.6 is 0 Å². The Balaban J connectivity index is 2.74. The first kappa shape index (κ1) is 15.0. The van der Waals surface area contributed by atoms with Gasteiger partial charge in [0.15, 0.2) is 0 Å². The third-order valence-corrected chi connectivity index (χ3v) is 4.03. The zero-order valence-corrected chi connectivity index (χ0v) is 11.4. The van der Waals surface area contributed by atoms with Crippen molar-refractivity contribution >= 4 is 11.9 Å². The summed E-state index contributed by atoms with van der Waals surface area (Å²) < 4.78 is 0. The van der Waals surface area contributed by atoms with Crippen molar-refractivity contribution in [1.29, 1.82) is 0 Å². The van der Waals surface area contributed by atoms with Crippen LogP contribution < -0.4 is 11.1 Å². The smallest absolute Gasteiger partial charge is 0.311 e. The topological polar surface area (TPSA) is 92.4 Å². The highest BCUT2D eigenvalue weighted by Crippen LogP contribution is 2.36. The van der Waals surface area contributed by atoms with Crippen molar-refractivity contribution in [3.63, 3.8) is 0 Å². The van der Waals surface area contributed by atoms with Crippen LogP contribution in [0, 0.1) is 11.3 Å². The van der Waals surface area contributed by atoms with E-state index >= 15 is 0 Å². The Kier molecular flexibility index (Phi) is 4.73. The number of carboxylic acid groups (broad SMARTS) is 1. The Hall–Kier alpha value is -1.10. The fraction of sp³-hybridized carbons (Fsp3) is 0.846. The lowest BCUT2D eigenvalue weighted by Gasteiger charge is -2.39. The molecule has 1 aliphatic rings. The average Bonchev–Trinajstić information content (AvgIpc) is 2.30. The first-order valence-corrected chi connectivity index (χ1v) is 6.58. The van der Waals surface area contributed by atoms with Gasteiger partial charge in [-0.15, -0.1) is 0 Å². The van der Waals surface area contributed by atoms with Gasteiger partial charge in [0.1, 0.15) is 0 Å². The van der Waals surface area contributed by atoms with Crippen molar-refractivity contribution in [1.82, 2.24) is 5.32 Å². The number of carbonyl (C=O) groups excluding carboxylic acids is 1. The second kappa shape index (κ2) is 5.69. The van der Waals surface area contributed by atoms with E-state index in [2.05, 4.69) is 5.32 Å². The van der Waals surface area contributed by atoms with Gasteiger partial charge in [-0.3, -0.25) is 9.59 Å². The van der Waals surface area contributed by atoms with Crippen molar-refractivity contribution in [3.8, 4) is 0 Å². The molecule has 0 spiro atoms. The number of amides is 1. The maximum Gasteiger partial charge on any atom is 0.311 e. The fourth-order valence-electron chi connectivity index (χ4n) is 2.39. The maximum absolute atomic E-state index is 11.9. The van der Waals surface area contributed by atoms with E-state index < -0.39 is 17.4 Å². The number of nitrogens with two attached hydrogens (primary N) is 1. The third kappa shape index (κ3) is 3.02. The molecule has 0 aromatic rings. The monoisotopic (exact) mass is 256 g/mol. The molecule has 0 aromatic heterocycles. The minimum Gasteiger partial charge on any atom is -0.481 e. The van der Waals surface area contributed by atoms with E-state index in [1.165, 1.54) is 0 Å². The van der Waals surface area contributed by atoms with Crippen molar-refractivity contribution in [2.45, 2.75) is 58.5 Å². The van der Waals surface area contributed by atoms with Gasteiger partial charge in [0.25, 0.3) is 0 Å². The molecule has 0 saturated heterocycles. The van der Waals surface area contributed by atoms with E-state index in [1.807, 2.05) is 13.8 Å². The number of carboxylic acids is 1. The molecule has 2 unspecified atom stereocenters. The summed E-state index contributed by atoms with van der Waals surface area (Å²) in [5.74, 6) is -1.04. The maximum atomic E-state index is 11.9. The van der Waals surface area contributed by atoms with Crippen LogP contribution in [-0.4, -0.2) is 29.1 Å². The predicted octanol–water partition coefficient (Wildman–Crippen LogP) is 1.12. The highest BCUT2D eigenvalue weighted by atomic mass is 16.4. The van der Waals surface area contributed by atoms with E-state index in [1.54, 1.807) is 6.92 Å². The summed E-state index contributed by atoms with van der Waals surface area (Å²) in [5, 5.41) is 12.2. The fourth-order valence-corrected chi connectivity index (χ4v) is 2.39. The zero-order chi connectivity index (χ0) is 13.9. The van der Waals surface area contributed by atoms with Gasteiger partial charge >= 0.3 is 5.97 Å². The first-order valence-electron chi connectivity index (χ1n) is 6.58. The summed E-state index contributed by atoms with van der Waals surface area (Å²) in [6.07, 6.45) is 3.15. The molecule has 104 valence electrons. The number of carbonyl (C=O) groups is 2. The molecule has 1 rings (SSSR count). The predicted molar refractivity (Wildman–Crippen MR) is 69.0 cm³/mol. The van der Waals surface area contributed by atoms with E-state index in [-0.39, 0.29) is 17.9 Å². The van der Waals surface area contributed by atoms with E-state index in [9.17, 15) is 14.7 Å². The van der Waals surface area contributed by atoms with Gasteiger partial charge < -0.3 is 16.2 Å². The highest BCUT2D eigenvalue weighted by Gasteiger charge is 2.44. The van der Waals surface area contributed by atoms with Gasteiger partial charge in [-0.2, -0.15) is 0 Å². The van der Waals surface area contributed by atoms with Crippen LogP contribution in [0.1, 0.15) is 46.5 Å². The SMILES string of the molecule is CC(C)[C@@H](N)C(=O)NC1CCCCC1(C)C(=O)O. The number of aliphatic carboxylic acids is 1. The minimum atomic E-state index is -0.870. The second-order valence-corrected chi connectivity index (χ2v) is 5.80. The average molecular weight is 256 g/mol. The van der Waals surface area contributed by atoms with Crippen LogP contribution in [-0.2, 0) is 9.59 Å². The number of rotatable bonds is 4. The van der Waals surface area contributed by atoms with Crippen LogP contribution in [0.25, 0.3) is 0 Å². The molecule has 0 radical (unpaired) electrons. The van der Waals surface area contributed by atoms with Crippen molar-refractivity contribution in [3.05, 3.63) is 0 Å². The minimum absolute atomic E-state index is 0.0460. The Bertz CT molecular complexity index is 330. The van der Waals surface area contributed by atoms with Crippen LogP contribution in [0.2, 0.25) is 0 Å². The van der Waals surface area contributed by atoms with Gasteiger partial charge in [-0.05, 0) is 25.7 Å². The molecule has 0 heterocycles. The van der Waals surface area contributed by atoms with Crippen molar-refractivity contribution in [2.75, 3.05) is 0 Å². The lowest BCUT2D eigenvalue weighted by atomic mass is 9.71. The summed E-state index contributed by atoms with van der Waals surface area (Å²) >= 11 is 0. The van der Waals surface area contributed by atoms with Crippen LogP contribution in [0.4, 0.5) is 0 Å². The largest absolute Gasteiger partial charge is 0.481 e. The number of hydrogen-bond acceptors (Lipinski definition) is 3. The van der Waals surface area contributed by atoms with Crippen LogP contribution in [0.5, 0.6) is 0 Å². The van der Waals surface area contributed by atoms with Gasteiger partial charge in [-0.25, -0.2) is 0 Å². The molecule has 1 saturated carbocycles. The molecule has 4 N–H and O–H groups in total. The summed E-state index contributed by atoms with van der Waals surface area (Å²) in [4.78, 5) is 23.3. The number of hydrogen-bond donors (Lipinski definition) is 3. The Labute approximate surface area is 108 Å². The molecule has 1 amide bonds. The molecule has 5 nitrogen and oxygen atoms in total. The van der Waals surface area contributed by atoms with Gasteiger partial charge in [0, 0.05) is 6.04 Å². The molecular formula is C13H24N2O3. The summed E-state index contributed by atoms with van der Waals surface area (Å²) in [6.45, 7) is 5.46. The van der Waals surface area contributed by atoms with Gasteiger partial charge in [0.05, 0.1) is 11.5 Å². The molecule has 0 aromatic carbocycles. The molecule has 5 heteroatoms. The van der Waals surface area contributed by atoms with Crippen LogP contribution in [0.15, 0.2) is 0 Å². The quantitative estimate of drug-likeness (QED) is 0.702. The highest BCUT2D eigenvalue weighted by molar-refractivity contribution is 5.83. The third-order valence-electron chi connectivity index (χ3n) is 4.03. The molecule has 1 fully saturated rings. The second-order valence-electron chi connectivity index (χ2n) is 5.80. The number of nitrogens with one attached hydrogen (secondary N) is 1. The normalized spacial score (nSPS) is 29.9. The summed E-state index contributed by atoms with van der Waals surface area (Å²) in [6, 6.07) is -0.897. The van der Waals surface area contributed by atoms with Gasteiger partial charge in [-0.1, -0.05) is 26.7 Å². The van der Waals surface area contributed by atoms with Crippen molar-refractivity contribution < 1.29 is 14.7 Å². The van der Waals surface area contributed by atoms with E-state index in [0.29, 0.717) is 12.8 Å². The molecule has 0 bridgehead atoms. The molecule has 1 aliphatic carbocycles. The van der Waals surface area contributed by atoms with Crippen LogP contribution in [0.3, 0.4) is 0 Å². The molecular weight excluding hydrogens is 232 g/mol. The Morgan fingerprint density at radius 1 is 1.39 bits per heavy atom. The van der Waals surface area contributed by atoms with Gasteiger partial charge in [0.2, 0.25) is 5.91 Å². The molecule has 18 heavy (non-hydrogen) atoms. The lowest BCUT2D eigenvalue weighted by Crippen LogP contribution is -2.56. The zero-order valence-electron chi connectivity index (χ0n) is 11.4. The van der Waals surface area contributed by atoms with E-state index in [0.717, 1.165) is 12.8 Å². The Morgan fingerprint density at radius 2 is 2.00 bits per heavy atom. The standard InChI is InChI=1S/C13H24N2O3/c1-8(2)10(14)11(16)15-9-6-4-5-7-13(9,3)12(17)18/h8-10H,4-7,14H2,1-3H3,(H,15,16)(H,17,18)/t9?,10-,13?/m1/s1.